The summed E-state index contributed by atoms with van der Waals surface area (Å²) >= 11 is 0. The second-order valence-electron chi connectivity index (χ2n) is 15.0. The van der Waals surface area contributed by atoms with Crippen LogP contribution in [0.2, 0.25) is 0 Å². The van der Waals surface area contributed by atoms with Crippen molar-refractivity contribution in [2.24, 2.45) is 23.7 Å². The summed E-state index contributed by atoms with van der Waals surface area (Å²) in [5.41, 5.74) is 5.17. The van der Waals surface area contributed by atoms with Crippen molar-refractivity contribution in [3.8, 4) is 22.3 Å². The first-order valence-corrected chi connectivity index (χ1v) is 22.1. The van der Waals surface area contributed by atoms with Gasteiger partial charge < -0.3 is 0 Å². The van der Waals surface area contributed by atoms with Crippen molar-refractivity contribution >= 4 is 0 Å². The van der Waals surface area contributed by atoms with Gasteiger partial charge >= 0.3 is 0 Å². The molecule has 0 N–H and O–H groups in total. The molecule has 4 heterocycles. The molecule has 324 valence electrons. The first-order valence-electron chi connectivity index (χ1n) is 19.6. The molecule has 0 unspecified atom stereocenters. The van der Waals surface area contributed by atoms with Crippen LogP contribution in [-0.4, -0.2) is 0 Å². The van der Waals surface area contributed by atoms with E-state index in [2.05, 4.69) is 165 Å². The van der Waals surface area contributed by atoms with Crippen molar-refractivity contribution in [1.82, 2.24) is 0 Å². The average Bonchev–Trinajstić information content (AvgIpc) is 4.03. The van der Waals surface area contributed by atoms with E-state index in [1.165, 1.54) is 73.6 Å². The van der Waals surface area contributed by atoms with Crippen LogP contribution in [0, 0.1) is 44.2 Å². The van der Waals surface area contributed by atoms with E-state index in [0.717, 1.165) is 26.2 Å². The molecule has 0 radical (unpaired) electrons. The number of halogens is 2. The van der Waals surface area contributed by atoms with Crippen LogP contribution in [0.15, 0.2) is 147 Å². The number of allylic oxidation sites excluding steroid dienone is 8. The predicted molar refractivity (Wildman–Crippen MR) is 192 cm³/mol. The molecule has 0 spiro atoms. The summed E-state index contributed by atoms with van der Waals surface area (Å²) in [7, 11) is -9.89. The Hall–Kier alpha value is -3.14. The third-order valence-corrected chi connectivity index (χ3v) is 10.5. The second kappa shape index (κ2) is 25.7. The molecule has 4 aromatic heterocycles. The van der Waals surface area contributed by atoms with Crippen molar-refractivity contribution in [2.45, 2.75) is 77.5 Å². The van der Waals surface area contributed by atoms with Crippen LogP contribution in [0.1, 0.15) is 51.4 Å². The molecule has 0 aliphatic heterocycles. The number of hydrogen-bond acceptors (Lipinski definition) is 8. The van der Waals surface area contributed by atoms with Crippen molar-refractivity contribution < 1.29 is 110 Å². The fourth-order valence-corrected chi connectivity index (χ4v) is 7.56. The number of aromatic nitrogens is 4. The van der Waals surface area contributed by atoms with Crippen LogP contribution in [-0.2, 0) is 60.3 Å². The molecule has 0 amide bonds. The molecule has 0 bridgehead atoms. The molecule has 12 nitrogen and oxygen atoms in total. The number of hydrogen-bond donors (Lipinski definition) is 0. The summed E-state index contributed by atoms with van der Waals surface area (Å²) in [6.07, 6.45) is 46.5. The molecular weight excluding hydrogens is 895 g/mol. The second-order valence-corrected chi connectivity index (χ2v) is 16.5. The zero-order chi connectivity index (χ0) is 41.4. The largest absolute Gasteiger partial charge is 0.222 e. The van der Waals surface area contributed by atoms with Gasteiger partial charge in [0.2, 0.25) is 0 Å². The molecule has 0 aromatic carbocycles. The Labute approximate surface area is 378 Å². The van der Waals surface area contributed by atoms with Gasteiger partial charge in [0.15, 0.2) is 75.8 Å². The van der Waals surface area contributed by atoms with Gasteiger partial charge in [0.05, 0.1) is 0 Å². The van der Waals surface area contributed by atoms with Gasteiger partial charge in [-0.1, -0.05) is 48.6 Å². The Kier molecular flexibility index (Phi) is 21.9. The average molecular weight is 948 g/mol. The molecule has 4 aromatic rings. The molecule has 4 aliphatic rings. The Morgan fingerprint density at radius 1 is 0.350 bits per heavy atom. The first-order chi connectivity index (χ1) is 27.7. The van der Waals surface area contributed by atoms with E-state index < -0.39 is 20.5 Å². The van der Waals surface area contributed by atoms with Crippen molar-refractivity contribution in [2.75, 3.05) is 0 Å². The Morgan fingerprint density at radius 3 is 0.650 bits per heavy atom. The van der Waals surface area contributed by atoms with Crippen molar-refractivity contribution in [3.63, 3.8) is 0 Å². The van der Waals surface area contributed by atoms with Crippen LogP contribution in [0.3, 0.4) is 0 Å². The summed E-state index contributed by atoms with van der Waals surface area (Å²) in [6.45, 7) is 4.39. The Bertz CT molecular complexity index is 1670. The molecule has 0 fully saturated rings. The Morgan fingerprint density at radius 2 is 0.517 bits per heavy atom. The molecule has 16 heteroatoms. The van der Waals surface area contributed by atoms with E-state index in [0.29, 0.717) is 23.7 Å². The van der Waals surface area contributed by atoms with Gasteiger partial charge in [-0.05, 0) is 73.6 Å². The molecule has 4 atom stereocenters. The van der Waals surface area contributed by atoms with Gasteiger partial charge in [0.25, 0.3) is 0 Å². The molecule has 8 rings (SSSR count). The smallest absolute Gasteiger partial charge is 0.169 e. The van der Waals surface area contributed by atoms with Gasteiger partial charge in [-0.2, -0.15) is 0 Å². The molecule has 60 heavy (non-hydrogen) atoms. The normalized spacial score (nSPS) is 19.9. The standard InChI is InChI=1S/2C22H26N2.2ClHO4.2Fe/c2*1-2-6-19(5-1)17-23-13-9-21(10-14-23)22-11-15-24(16-12-22)18-20-7-3-4-8-20;2*2-1(3,4)5;;/h2*1,3,5,7,9-16,19-20H,2,4,6,8,17-18H2;2*(H,2,3,4,5);;/q2*+2;;;;/p-2/t2*19-,20+;;;;. The topological polar surface area (TPSA) is 200 Å². The fourth-order valence-electron chi connectivity index (χ4n) is 7.56. The number of pyridine rings is 4. The van der Waals surface area contributed by atoms with Crippen LogP contribution in [0.4, 0.5) is 0 Å². The Balaban J connectivity index is 0.000000255. The zero-order valence-electron chi connectivity index (χ0n) is 33.2. The zero-order valence-corrected chi connectivity index (χ0v) is 36.9. The molecule has 4 aliphatic carbocycles. The van der Waals surface area contributed by atoms with Crippen molar-refractivity contribution in [3.05, 3.63) is 147 Å². The monoisotopic (exact) mass is 946 g/mol. The molecule has 0 saturated heterocycles. The van der Waals surface area contributed by atoms with E-state index >= 15 is 0 Å². The summed E-state index contributed by atoms with van der Waals surface area (Å²) in [5.74, 6) is 2.84. The molecular formula is C44H52Cl2Fe2N4O8+2. The quantitative estimate of drug-likeness (QED) is 0.101. The van der Waals surface area contributed by atoms with Crippen LogP contribution < -0.4 is 55.5 Å². The maximum Gasteiger partial charge on any atom is 0.169 e. The van der Waals surface area contributed by atoms with Gasteiger partial charge in [0, 0.05) is 106 Å². The van der Waals surface area contributed by atoms with Crippen LogP contribution in [0.25, 0.3) is 22.3 Å². The van der Waals surface area contributed by atoms with Gasteiger partial charge in [-0.3, -0.25) is 0 Å². The van der Waals surface area contributed by atoms with Gasteiger partial charge in [0.1, 0.15) is 0 Å². The van der Waals surface area contributed by atoms with Gasteiger partial charge in [-0.25, -0.2) is 55.5 Å². The minimum Gasteiger partial charge on any atom is -0.222 e. The third kappa shape index (κ3) is 20.2. The third-order valence-electron chi connectivity index (χ3n) is 10.5. The fraction of sp³-hybridized carbons (Fsp3) is 0.364. The van der Waals surface area contributed by atoms with E-state index in [-0.39, 0.29) is 34.1 Å². The maximum atomic E-state index is 8.49. The summed E-state index contributed by atoms with van der Waals surface area (Å²) in [5, 5.41) is 0. The number of rotatable bonds is 10. The van der Waals surface area contributed by atoms with E-state index in [1.807, 2.05) is 0 Å². The summed E-state index contributed by atoms with van der Waals surface area (Å²) in [4.78, 5) is 0. The SMILES string of the molecule is C1=C[C@@H](C[n+]2ccc(-c3cc[n+](C[C@H]4C=CCC4)cc3)cc2)CC1.C1=C[C@@H](C[n+]2ccc(-c3cc[n+](C[C@H]4C=CCC4)cc3)cc2)CC1.[Fe].[Fe].[O-][Cl+3]([O-])([O-])[O-].[O-][Cl+3]([O-])([O-])[O-]. The predicted octanol–water partition coefficient (Wildman–Crippen LogP) is -1.79. The van der Waals surface area contributed by atoms with Crippen molar-refractivity contribution in [1.29, 1.82) is 0 Å². The minimum absolute atomic E-state index is 0. The minimum atomic E-state index is -4.94. The summed E-state index contributed by atoms with van der Waals surface area (Å²) < 4.78 is 77.2. The first kappa shape index (κ1) is 51.2. The van der Waals surface area contributed by atoms with E-state index in [1.54, 1.807) is 0 Å². The van der Waals surface area contributed by atoms with Crippen LogP contribution >= 0.6 is 0 Å². The van der Waals surface area contributed by atoms with E-state index in [9.17, 15) is 0 Å². The molecule has 0 saturated carbocycles. The summed E-state index contributed by atoms with van der Waals surface area (Å²) in [6, 6.07) is 17.9. The van der Waals surface area contributed by atoms with E-state index in [4.69, 9.17) is 37.3 Å². The van der Waals surface area contributed by atoms with Crippen LogP contribution in [0.5, 0.6) is 0 Å². The maximum absolute atomic E-state index is 8.49. The number of nitrogens with zero attached hydrogens (tertiary/aromatic N) is 4. The van der Waals surface area contributed by atoms with Gasteiger partial charge in [-0.15, -0.1) is 20.5 Å².